The first-order valence-corrected chi connectivity index (χ1v) is 8.87. The molecule has 1 aromatic heterocycles. The predicted octanol–water partition coefficient (Wildman–Crippen LogP) is 3.71. The Kier molecular flexibility index (Phi) is 5.02. The Bertz CT molecular complexity index is 825. The van der Waals surface area contributed by atoms with Crippen molar-refractivity contribution < 1.29 is 14.7 Å². The quantitative estimate of drug-likeness (QED) is 0.753. The molecule has 5 nitrogen and oxygen atoms in total. The molecule has 0 atom stereocenters. The Morgan fingerprint density at radius 1 is 1.20 bits per heavy atom. The second-order valence-electron chi connectivity index (χ2n) is 6.95. The van der Waals surface area contributed by atoms with Crippen LogP contribution in [-0.4, -0.2) is 28.5 Å². The minimum Gasteiger partial charge on any atom is -0.481 e. The Labute approximate surface area is 147 Å². The van der Waals surface area contributed by atoms with Crippen LogP contribution in [-0.2, 0) is 4.79 Å². The van der Waals surface area contributed by atoms with Crippen molar-refractivity contribution in [1.29, 1.82) is 0 Å². The summed E-state index contributed by atoms with van der Waals surface area (Å²) in [6.45, 7) is 4.54. The van der Waals surface area contributed by atoms with E-state index in [2.05, 4.69) is 11.4 Å². The summed E-state index contributed by atoms with van der Waals surface area (Å²) in [5, 5.41) is 12.5. The van der Waals surface area contributed by atoms with Gasteiger partial charge in [-0.25, -0.2) is 0 Å². The van der Waals surface area contributed by atoms with Gasteiger partial charge in [-0.15, -0.1) is 0 Å². The minimum absolute atomic E-state index is 0.102. The van der Waals surface area contributed by atoms with Gasteiger partial charge >= 0.3 is 5.97 Å². The topological polar surface area (TPSA) is 79.3 Å². The highest BCUT2D eigenvalue weighted by atomic mass is 16.4. The summed E-state index contributed by atoms with van der Waals surface area (Å²) in [4.78, 5) is 28.1. The summed E-state index contributed by atoms with van der Waals surface area (Å²) in [6, 6.07) is 6.05. The lowest BCUT2D eigenvalue weighted by Crippen LogP contribution is -2.25. The van der Waals surface area contributed by atoms with Crippen LogP contribution in [0.1, 0.15) is 65.2 Å². The number of pyridine rings is 1. The number of carboxylic acids is 1. The van der Waals surface area contributed by atoms with E-state index in [4.69, 9.17) is 10.1 Å². The number of hydrogen-bond donors (Lipinski definition) is 2. The summed E-state index contributed by atoms with van der Waals surface area (Å²) >= 11 is 0. The molecule has 0 radical (unpaired) electrons. The number of carbonyl (C=O) groups is 2. The molecule has 1 aliphatic rings. The maximum Gasteiger partial charge on any atom is 0.303 e. The first-order chi connectivity index (χ1) is 12.0. The van der Waals surface area contributed by atoms with E-state index in [1.165, 1.54) is 0 Å². The molecule has 1 aliphatic carbocycles. The van der Waals surface area contributed by atoms with E-state index in [9.17, 15) is 9.59 Å². The molecule has 2 aromatic rings. The van der Waals surface area contributed by atoms with Crippen molar-refractivity contribution in [2.45, 2.75) is 51.9 Å². The fourth-order valence-electron chi connectivity index (χ4n) is 3.18. The Balaban J connectivity index is 1.83. The SMILES string of the molecule is Cc1cc(C)c2nc(C3CC3)cc(C(=O)NCCCCC(=O)O)c2c1. The van der Waals surface area contributed by atoms with Gasteiger partial charge < -0.3 is 10.4 Å². The second kappa shape index (κ2) is 7.21. The number of aromatic nitrogens is 1. The Morgan fingerprint density at radius 3 is 2.64 bits per heavy atom. The largest absolute Gasteiger partial charge is 0.481 e. The van der Waals surface area contributed by atoms with Gasteiger partial charge in [-0.2, -0.15) is 0 Å². The normalized spacial score (nSPS) is 13.8. The summed E-state index contributed by atoms with van der Waals surface area (Å²) in [5.74, 6) is -0.423. The number of amides is 1. The molecule has 1 aromatic carbocycles. The van der Waals surface area contributed by atoms with Crippen molar-refractivity contribution in [2.24, 2.45) is 0 Å². The summed E-state index contributed by atoms with van der Waals surface area (Å²) in [5.41, 5.74) is 4.80. The number of benzene rings is 1. The lowest BCUT2D eigenvalue weighted by Gasteiger charge is -2.12. The number of nitrogens with zero attached hydrogens (tertiary/aromatic N) is 1. The minimum atomic E-state index is -0.800. The first-order valence-electron chi connectivity index (χ1n) is 8.87. The van der Waals surface area contributed by atoms with E-state index in [-0.39, 0.29) is 12.3 Å². The van der Waals surface area contributed by atoms with Crippen LogP contribution >= 0.6 is 0 Å². The molecular weight excluding hydrogens is 316 g/mol. The zero-order valence-corrected chi connectivity index (χ0v) is 14.8. The van der Waals surface area contributed by atoms with Crippen molar-refractivity contribution in [3.8, 4) is 0 Å². The number of hydrogen-bond acceptors (Lipinski definition) is 3. The van der Waals surface area contributed by atoms with Gasteiger partial charge in [0.1, 0.15) is 0 Å². The van der Waals surface area contributed by atoms with E-state index in [1.54, 1.807) is 0 Å². The highest BCUT2D eigenvalue weighted by Gasteiger charge is 2.27. The monoisotopic (exact) mass is 340 g/mol. The van der Waals surface area contributed by atoms with Crippen molar-refractivity contribution in [1.82, 2.24) is 10.3 Å². The molecule has 0 saturated heterocycles. The number of fused-ring (bicyclic) bond motifs is 1. The number of rotatable bonds is 7. The molecule has 1 fully saturated rings. The average molecular weight is 340 g/mol. The third kappa shape index (κ3) is 4.16. The van der Waals surface area contributed by atoms with Crippen LogP contribution < -0.4 is 5.32 Å². The molecule has 1 amide bonds. The van der Waals surface area contributed by atoms with E-state index >= 15 is 0 Å². The molecule has 132 valence electrons. The number of carboxylic acid groups (broad SMARTS) is 1. The molecule has 1 saturated carbocycles. The van der Waals surface area contributed by atoms with Crippen LogP contribution in [0.4, 0.5) is 0 Å². The summed E-state index contributed by atoms with van der Waals surface area (Å²) in [7, 11) is 0. The van der Waals surface area contributed by atoms with Crippen LogP contribution in [0.5, 0.6) is 0 Å². The maximum absolute atomic E-state index is 12.7. The van der Waals surface area contributed by atoms with Gasteiger partial charge in [-0.1, -0.05) is 11.6 Å². The van der Waals surface area contributed by atoms with Crippen molar-refractivity contribution in [3.63, 3.8) is 0 Å². The van der Waals surface area contributed by atoms with Crippen molar-refractivity contribution in [2.75, 3.05) is 6.54 Å². The van der Waals surface area contributed by atoms with Crippen LogP contribution in [0.25, 0.3) is 10.9 Å². The smallest absolute Gasteiger partial charge is 0.303 e. The summed E-state index contributed by atoms with van der Waals surface area (Å²) < 4.78 is 0. The number of carbonyl (C=O) groups excluding carboxylic acids is 1. The van der Waals surface area contributed by atoms with E-state index in [0.717, 1.165) is 40.6 Å². The molecule has 0 unspecified atom stereocenters. The summed E-state index contributed by atoms with van der Waals surface area (Å²) in [6.07, 6.45) is 3.64. The highest BCUT2D eigenvalue weighted by molar-refractivity contribution is 6.07. The fraction of sp³-hybridized carbons (Fsp3) is 0.450. The van der Waals surface area contributed by atoms with E-state index < -0.39 is 5.97 Å². The third-order valence-electron chi connectivity index (χ3n) is 4.61. The van der Waals surface area contributed by atoms with Gasteiger partial charge in [0.05, 0.1) is 11.1 Å². The Hall–Kier alpha value is -2.43. The van der Waals surface area contributed by atoms with Crippen LogP contribution in [0.3, 0.4) is 0 Å². The molecule has 0 bridgehead atoms. The van der Waals surface area contributed by atoms with Crippen molar-refractivity contribution in [3.05, 3.63) is 40.6 Å². The lowest BCUT2D eigenvalue weighted by molar-refractivity contribution is -0.137. The second-order valence-corrected chi connectivity index (χ2v) is 6.95. The molecular formula is C20H24N2O3. The van der Waals surface area contributed by atoms with Gasteiger partial charge in [-0.3, -0.25) is 14.6 Å². The number of aryl methyl sites for hydroxylation is 2. The predicted molar refractivity (Wildman–Crippen MR) is 97.0 cm³/mol. The average Bonchev–Trinajstić information content (AvgIpc) is 3.38. The molecule has 0 spiro atoms. The molecule has 0 aliphatic heterocycles. The molecule has 2 N–H and O–H groups in total. The zero-order chi connectivity index (χ0) is 18.0. The zero-order valence-electron chi connectivity index (χ0n) is 14.8. The number of nitrogens with one attached hydrogen (secondary N) is 1. The van der Waals surface area contributed by atoms with Gasteiger partial charge in [0.25, 0.3) is 5.91 Å². The molecule has 1 heterocycles. The first kappa shape index (κ1) is 17.4. The van der Waals surface area contributed by atoms with Gasteiger partial charge in [0.2, 0.25) is 0 Å². The highest BCUT2D eigenvalue weighted by Crippen LogP contribution is 2.40. The van der Waals surface area contributed by atoms with Gasteiger partial charge in [-0.05, 0) is 57.2 Å². The number of aliphatic carboxylic acids is 1. The molecule has 3 rings (SSSR count). The third-order valence-corrected chi connectivity index (χ3v) is 4.61. The van der Waals surface area contributed by atoms with Gasteiger partial charge in [0, 0.05) is 30.0 Å². The van der Waals surface area contributed by atoms with Crippen LogP contribution in [0, 0.1) is 13.8 Å². The van der Waals surface area contributed by atoms with Crippen LogP contribution in [0.2, 0.25) is 0 Å². The molecule has 5 heteroatoms. The fourth-order valence-corrected chi connectivity index (χ4v) is 3.18. The van der Waals surface area contributed by atoms with E-state index in [0.29, 0.717) is 30.9 Å². The van der Waals surface area contributed by atoms with Gasteiger partial charge in [0.15, 0.2) is 0 Å². The maximum atomic E-state index is 12.7. The van der Waals surface area contributed by atoms with E-state index in [1.807, 2.05) is 26.0 Å². The van der Waals surface area contributed by atoms with Crippen LogP contribution in [0.15, 0.2) is 18.2 Å². The number of unbranched alkanes of at least 4 members (excludes halogenated alkanes) is 1. The standard InChI is InChI=1S/C20H24N2O3/c1-12-9-13(2)19-15(10-12)16(11-17(22-19)14-6-7-14)20(25)21-8-4-3-5-18(23)24/h9-11,14H,3-8H2,1-2H3,(H,21,25)(H,23,24). The van der Waals surface area contributed by atoms with Crippen molar-refractivity contribution >= 4 is 22.8 Å². The Morgan fingerprint density at radius 2 is 1.96 bits per heavy atom. The molecule has 25 heavy (non-hydrogen) atoms. The lowest BCUT2D eigenvalue weighted by atomic mass is 10.00.